The fourth-order valence-electron chi connectivity index (χ4n) is 1.58. The Morgan fingerprint density at radius 2 is 2.09 bits per heavy atom. The van der Waals surface area contributed by atoms with Gasteiger partial charge in [0.1, 0.15) is 11.7 Å². The molecule has 0 radical (unpaired) electrons. The second-order valence-corrected chi connectivity index (χ2v) is 8.27. The number of hydrogen-bond acceptors (Lipinski definition) is 7. The monoisotopic (exact) mass is 389 g/mol. The molecular formula is C10H17Cl2N5O3S2. The molecule has 2 unspecified atom stereocenters. The number of carbonyl (C=O) groups excluding carboxylic acids is 1. The van der Waals surface area contributed by atoms with Crippen LogP contribution in [0.15, 0.2) is 9.98 Å². The number of nitrogens with zero attached hydrogens (tertiary/aromatic N) is 3. The lowest BCUT2D eigenvalue weighted by molar-refractivity contribution is 0.237. The number of nitrogens with one attached hydrogen (secondary N) is 2. The van der Waals surface area contributed by atoms with E-state index in [2.05, 4.69) is 28.1 Å². The van der Waals surface area contributed by atoms with Crippen molar-refractivity contribution in [3.8, 4) is 0 Å². The molecule has 1 rings (SSSR count). The molecule has 12 heteroatoms. The van der Waals surface area contributed by atoms with Gasteiger partial charge in [-0.3, -0.25) is 9.62 Å². The molecule has 0 fully saturated rings. The first kappa shape index (κ1) is 19.3. The van der Waals surface area contributed by atoms with Gasteiger partial charge in [0.2, 0.25) is 16.3 Å². The highest BCUT2D eigenvalue weighted by molar-refractivity contribution is 7.90. The Morgan fingerprint density at radius 3 is 2.64 bits per heavy atom. The van der Waals surface area contributed by atoms with Gasteiger partial charge in [-0.25, -0.2) is 27.9 Å². The fraction of sp³-hybridized carbons (Fsp3) is 0.700. The Balaban J connectivity index is 2.69. The van der Waals surface area contributed by atoms with E-state index in [9.17, 15) is 13.2 Å². The molecule has 0 aromatic heterocycles. The second kappa shape index (κ2) is 7.24. The fourth-order valence-corrected chi connectivity index (χ4v) is 3.67. The van der Waals surface area contributed by atoms with E-state index in [4.69, 9.17) is 23.2 Å². The molecule has 1 aliphatic heterocycles. The summed E-state index contributed by atoms with van der Waals surface area (Å²) in [7, 11) is -3.95. The molecular weight excluding hydrogens is 373 g/mol. The number of alkyl halides is 2. The van der Waals surface area contributed by atoms with E-state index in [1.807, 2.05) is 4.72 Å². The van der Waals surface area contributed by atoms with Gasteiger partial charge in [-0.1, -0.05) is 12.8 Å². The van der Waals surface area contributed by atoms with Crippen LogP contribution in [0.4, 0.5) is 4.79 Å². The smallest absolute Gasteiger partial charge is 0.297 e. The summed E-state index contributed by atoms with van der Waals surface area (Å²) in [5.74, 6) is 0.366. The molecule has 0 aliphatic carbocycles. The number of aliphatic imine (C=N–C) groups is 2. The summed E-state index contributed by atoms with van der Waals surface area (Å²) in [5, 5.41) is 2.37. The summed E-state index contributed by atoms with van der Waals surface area (Å²) >= 11 is 15.6. The maximum Gasteiger partial charge on any atom is 0.331 e. The molecule has 22 heavy (non-hydrogen) atoms. The van der Waals surface area contributed by atoms with E-state index < -0.39 is 33.0 Å². The summed E-state index contributed by atoms with van der Waals surface area (Å²) in [5.41, 5.74) is 0. The summed E-state index contributed by atoms with van der Waals surface area (Å²) in [6.07, 6.45) is -0.869. The molecule has 0 bridgehead atoms. The predicted molar refractivity (Wildman–Crippen MR) is 91.3 cm³/mol. The van der Waals surface area contributed by atoms with Crippen molar-refractivity contribution in [2.75, 3.05) is 11.6 Å². The first-order chi connectivity index (χ1) is 9.96. The van der Waals surface area contributed by atoms with E-state index in [0.29, 0.717) is 11.7 Å². The first-order valence-corrected chi connectivity index (χ1v) is 9.06. The highest BCUT2D eigenvalue weighted by Gasteiger charge is 2.30. The summed E-state index contributed by atoms with van der Waals surface area (Å²) < 4.78 is 26.9. The number of carbonyl (C=O) groups is 1. The van der Waals surface area contributed by atoms with Gasteiger partial charge in [-0.15, -0.1) is 23.2 Å². The summed E-state index contributed by atoms with van der Waals surface area (Å²) in [4.78, 5) is 18.7. The molecule has 8 nitrogen and oxygen atoms in total. The number of urea groups is 1. The van der Waals surface area contributed by atoms with E-state index in [1.54, 1.807) is 13.8 Å². The third-order valence-electron chi connectivity index (χ3n) is 2.47. The number of halogens is 2. The minimum absolute atomic E-state index is 0.0801. The van der Waals surface area contributed by atoms with Crippen LogP contribution in [0.1, 0.15) is 20.8 Å². The van der Waals surface area contributed by atoms with Gasteiger partial charge >= 0.3 is 6.03 Å². The minimum atomic E-state index is -3.95. The van der Waals surface area contributed by atoms with Crippen molar-refractivity contribution < 1.29 is 13.2 Å². The molecule has 0 saturated carbocycles. The molecule has 126 valence electrons. The van der Waals surface area contributed by atoms with Crippen LogP contribution in [-0.4, -0.2) is 53.2 Å². The Hall–Kier alpha value is -0.710. The maximum absolute atomic E-state index is 11.9. The van der Waals surface area contributed by atoms with Gasteiger partial charge in [0.15, 0.2) is 0 Å². The molecule has 0 spiro atoms. The first-order valence-electron chi connectivity index (χ1n) is 6.09. The van der Waals surface area contributed by atoms with E-state index in [1.165, 1.54) is 11.2 Å². The Labute approximate surface area is 144 Å². The summed E-state index contributed by atoms with van der Waals surface area (Å²) in [6.45, 7) is 4.78. The van der Waals surface area contributed by atoms with Crippen molar-refractivity contribution in [2.24, 2.45) is 9.98 Å². The molecule has 2 amide bonds. The van der Waals surface area contributed by atoms with Crippen molar-refractivity contribution in [3.63, 3.8) is 0 Å². The normalized spacial score (nSPS) is 21.5. The molecule has 1 aliphatic rings. The molecule has 0 aromatic rings. The van der Waals surface area contributed by atoms with Crippen LogP contribution in [0.3, 0.4) is 0 Å². The zero-order valence-electron chi connectivity index (χ0n) is 12.2. The predicted octanol–water partition coefficient (Wildman–Crippen LogP) is 1.13. The molecule has 1 heterocycles. The van der Waals surface area contributed by atoms with E-state index in [0.717, 1.165) is 0 Å². The van der Waals surface area contributed by atoms with Gasteiger partial charge in [-0.2, -0.15) is 0 Å². The number of amidine groups is 2. The van der Waals surface area contributed by atoms with Gasteiger partial charge in [-0.05, 0) is 20.8 Å². The van der Waals surface area contributed by atoms with Crippen molar-refractivity contribution in [1.29, 1.82) is 0 Å². The standard InChI is InChI=1S/C10H17Cl2N5O3S2/c1-6-13-7(2)17(21)8(14-6)15-9(18)16-22(19,20)5-10(3,12)4-11/h8,21H,4-5H2,1-3H3,(H2,15,16,18). The van der Waals surface area contributed by atoms with Crippen molar-refractivity contribution >= 4 is 63.7 Å². The minimum Gasteiger partial charge on any atom is -0.297 e. The average molecular weight is 390 g/mol. The van der Waals surface area contributed by atoms with Crippen molar-refractivity contribution in [3.05, 3.63) is 0 Å². The largest absolute Gasteiger partial charge is 0.331 e. The average Bonchev–Trinajstić information content (AvgIpc) is 2.33. The number of amides is 2. The van der Waals surface area contributed by atoms with Gasteiger partial charge < -0.3 is 0 Å². The number of rotatable bonds is 5. The number of hydrogen-bond donors (Lipinski definition) is 3. The molecule has 2 N–H and O–H groups in total. The third kappa shape index (κ3) is 5.82. The highest BCUT2D eigenvalue weighted by Crippen LogP contribution is 2.18. The number of thiol groups is 1. The van der Waals surface area contributed by atoms with Crippen LogP contribution in [0.5, 0.6) is 0 Å². The Kier molecular flexibility index (Phi) is 6.36. The SMILES string of the molecule is CC1=NC(NC(=O)NS(=O)(=O)CC(C)(Cl)CCl)N(S)C(C)=N1. The second-order valence-electron chi connectivity index (χ2n) is 4.94. The Bertz CT molecular complexity index is 606. The van der Waals surface area contributed by atoms with Crippen LogP contribution in [-0.2, 0) is 10.0 Å². The van der Waals surface area contributed by atoms with Crippen LogP contribution in [0, 0.1) is 0 Å². The molecule has 2 atom stereocenters. The Morgan fingerprint density at radius 1 is 1.50 bits per heavy atom. The van der Waals surface area contributed by atoms with Crippen LogP contribution in [0.2, 0.25) is 0 Å². The lowest BCUT2D eigenvalue weighted by atomic mass is 10.2. The highest BCUT2D eigenvalue weighted by atomic mass is 35.5. The van der Waals surface area contributed by atoms with E-state index >= 15 is 0 Å². The topological polar surface area (TPSA) is 103 Å². The number of sulfonamides is 1. The molecule has 0 aromatic carbocycles. The van der Waals surface area contributed by atoms with Gasteiger partial charge in [0.25, 0.3) is 0 Å². The van der Waals surface area contributed by atoms with E-state index in [-0.39, 0.29) is 5.88 Å². The lowest BCUT2D eigenvalue weighted by Gasteiger charge is -2.28. The zero-order chi connectivity index (χ0) is 17.1. The van der Waals surface area contributed by atoms with Crippen molar-refractivity contribution in [1.82, 2.24) is 14.3 Å². The van der Waals surface area contributed by atoms with Gasteiger partial charge in [0.05, 0.1) is 10.6 Å². The quantitative estimate of drug-likeness (QED) is 0.484. The summed E-state index contributed by atoms with van der Waals surface area (Å²) in [6, 6.07) is -0.947. The zero-order valence-corrected chi connectivity index (χ0v) is 15.4. The molecule has 0 saturated heterocycles. The van der Waals surface area contributed by atoms with Crippen LogP contribution < -0.4 is 10.0 Å². The third-order valence-corrected chi connectivity index (χ3v) is 5.65. The lowest BCUT2D eigenvalue weighted by Crippen LogP contribution is -2.52. The van der Waals surface area contributed by atoms with Gasteiger partial charge in [0, 0.05) is 5.88 Å². The van der Waals surface area contributed by atoms with Crippen molar-refractivity contribution in [2.45, 2.75) is 31.9 Å². The maximum atomic E-state index is 11.9. The van der Waals surface area contributed by atoms with Crippen LogP contribution in [0.25, 0.3) is 0 Å². The van der Waals surface area contributed by atoms with Crippen LogP contribution >= 0.6 is 36.0 Å².